The molecule has 0 radical (unpaired) electrons. The van der Waals surface area contributed by atoms with Gasteiger partial charge >= 0.3 is 0 Å². The molecule has 0 atom stereocenters. The van der Waals surface area contributed by atoms with E-state index < -0.39 is 0 Å². The summed E-state index contributed by atoms with van der Waals surface area (Å²) in [6.07, 6.45) is 1.63. The number of nitrogens with one attached hydrogen (secondary N) is 2. The molecular weight excluding hydrogens is 360 g/mol. The summed E-state index contributed by atoms with van der Waals surface area (Å²) in [6, 6.07) is 12.2. The van der Waals surface area contributed by atoms with Gasteiger partial charge in [-0.1, -0.05) is 6.07 Å². The Morgan fingerprint density at radius 1 is 1.18 bits per heavy atom. The lowest BCUT2D eigenvalue weighted by molar-refractivity contribution is 0.102. The van der Waals surface area contributed by atoms with Crippen LogP contribution in [0.15, 0.2) is 48.7 Å². The van der Waals surface area contributed by atoms with Crippen molar-refractivity contribution in [3.05, 3.63) is 54.4 Å². The fraction of sp³-hybridized carbons (Fsp3) is 0.250. The highest BCUT2D eigenvalue weighted by Crippen LogP contribution is 2.29. The lowest BCUT2D eigenvalue weighted by atomic mass is 10.2. The van der Waals surface area contributed by atoms with Crippen LogP contribution in [-0.4, -0.2) is 48.0 Å². The minimum atomic E-state index is -0.343. The van der Waals surface area contributed by atoms with E-state index in [4.69, 9.17) is 14.2 Å². The molecule has 0 aliphatic carbocycles. The second-order valence-corrected chi connectivity index (χ2v) is 5.74. The molecule has 146 valence electrons. The number of hydrogen-bond acceptors (Lipinski definition) is 6. The molecule has 3 aromatic rings. The maximum atomic E-state index is 12.6. The summed E-state index contributed by atoms with van der Waals surface area (Å²) in [4.78, 5) is 17.0. The number of carbonyl (C=O) groups excluding carboxylic acids is 1. The largest absolute Gasteiger partial charge is 0.494 e. The van der Waals surface area contributed by atoms with Crippen LogP contribution in [0.4, 0.5) is 5.69 Å². The van der Waals surface area contributed by atoms with Gasteiger partial charge < -0.3 is 19.5 Å². The van der Waals surface area contributed by atoms with Gasteiger partial charge in [0.15, 0.2) is 0 Å². The van der Waals surface area contributed by atoms with Crippen LogP contribution in [0, 0.1) is 0 Å². The molecule has 2 heterocycles. The second-order valence-electron chi connectivity index (χ2n) is 5.74. The van der Waals surface area contributed by atoms with Crippen LogP contribution in [-0.2, 0) is 4.74 Å². The minimum absolute atomic E-state index is 0.284. The minimum Gasteiger partial charge on any atom is -0.494 e. The SMILES string of the molecule is CCOCCOc1ccc(NC(=O)c2cccc(-c3ccn[nH]3)n2)c(OC)c1. The standard InChI is InChI=1S/C20H22N4O4/c1-3-27-11-12-28-14-7-8-17(19(13-14)26-2)23-20(25)18-6-4-5-15(22-18)16-9-10-21-24-16/h4-10,13H,3,11-12H2,1-2H3,(H,21,24)(H,23,25). The Kier molecular flexibility index (Phi) is 6.59. The van der Waals surface area contributed by atoms with Gasteiger partial charge in [-0.3, -0.25) is 9.89 Å². The number of carbonyl (C=O) groups is 1. The van der Waals surface area contributed by atoms with Crippen molar-refractivity contribution in [1.82, 2.24) is 15.2 Å². The molecule has 28 heavy (non-hydrogen) atoms. The van der Waals surface area contributed by atoms with Gasteiger partial charge in [-0.2, -0.15) is 5.10 Å². The lowest BCUT2D eigenvalue weighted by Gasteiger charge is -2.13. The number of benzene rings is 1. The van der Waals surface area contributed by atoms with Crippen molar-refractivity contribution in [2.75, 3.05) is 32.2 Å². The average Bonchev–Trinajstić information content (AvgIpc) is 3.27. The van der Waals surface area contributed by atoms with E-state index in [0.29, 0.717) is 42.7 Å². The Morgan fingerprint density at radius 2 is 2.07 bits per heavy atom. The van der Waals surface area contributed by atoms with Crippen molar-refractivity contribution in [2.24, 2.45) is 0 Å². The molecule has 2 aromatic heterocycles. The number of pyridine rings is 1. The third-order valence-electron chi connectivity index (χ3n) is 3.88. The van der Waals surface area contributed by atoms with Crippen LogP contribution in [0.5, 0.6) is 11.5 Å². The van der Waals surface area contributed by atoms with Crippen molar-refractivity contribution < 1.29 is 19.0 Å². The van der Waals surface area contributed by atoms with Crippen LogP contribution in [0.3, 0.4) is 0 Å². The zero-order valence-corrected chi connectivity index (χ0v) is 15.8. The van der Waals surface area contributed by atoms with Gasteiger partial charge in [0, 0.05) is 18.9 Å². The molecule has 8 nitrogen and oxygen atoms in total. The number of aromatic nitrogens is 3. The van der Waals surface area contributed by atoms with Gasteiger partial charge in [-0.05, 0) is 37.3 Å². The molecular formula is C20H22N4O4. The molecule has 0 aliphatic heterocycles. The number of H-pyrrole nitrogens is 1. The van der Waals surface area contributed by atoms with Gasteiger partial charge in [0.05, 0.1) is 30.8 Å². The molecule has 1 aromatic carbocycles. The molecule has 0 spiro atoms. The van der Waals surface area contributed by atoms with E-state index in [1.54, 1.807) is 48.7 Å². The quantitative estimate of drug-likeness (QED) is 0.552. The number of nitrogens with zero attached hydrogens (tertiary/aromatic N) is 2. The maximum Gasteiger partial charge on any atom is 0.274 e. The second kappa shape index (κ2) is 9.52. The first-order valence-electron chi connectivity index (χ1n) is 8.88. The van der Waals surface area contributed by atoms with E-state index in [2.05, 4.69) is 20.5 Å². The molecule has 2 N–H and O–H groups in total. The topological polar surface area (TPSA) is 98.4 Å². The number of anilines is 1. The molecule has 0 saturated heterocycles. The zero-order chi connectivity index (χ0) is 19.8. The van der Waals surface area contributed by atoms with E-state index >= 15 is 0 Å². The summed E-state index contributed by atoms with van der Waals surface area (Å²) in [6.45, 7) is 3.52. The Morgan fingerprint density at radius 3 is 2.82 bits per heavy atom. The van der Waals surface area contributed by atoms with Crippen molar-refractivity contribution in [1.29, 1.82) is 0 Å². The Hall–Kier alpha value is -3.39. The molecule has 0 bridgehead atoms. The van der Waals surface area contributed by atoms with E-state index in [-0.39, 0.29) is 11.6 Å². The fourth-order valence-corrected chi connectivity index (χ4v) is 2.52. The van der Waals surface area contributed by atoms with Crippen molar-refractivity contribution in [3.63, 3.8) is 0 Å². The Bertz CT molecular complexity index is 912. The van der Waals surface area contributed by atoms with Crippen LogP contribution < -0.4 is 14.8 Å². The summed E-state index contributed by atoms with van der Waals surface area (Å²) in [5, 5.41) is 9.55. The van der Waals surface area contributed by atoms with Gasteiger partial charge in [0.25, 0.3) is 5.91 Å². The van der Waals surface area contributed by atoms with E-state index in [1.165, 1.54) is 7.11 Å². The molecule has 0 saturated carbocycles. The normalized spacial score (nSPS) is 10.5. The van der Waals surface area contributed by atoms with Gasteiger partial charge in [0.2, 0.25) is 0 Å². The first-order chi connectivity index (χ1) is 13.7. The van der Waals surface area contributed by atoms with E-state index in [0.717, 1.165) is 5.69 Å². The number of ether oxygens (including phenoxy) is 3. The average molecular weight is 382 g/mol. The number of hydrogen-bond donors (Lipinski definition) is 2. The van der Waals surface area contributed by atoms with E-state index in [1.807, 2.05) is 6.92 Å². The first-order valence-corrected chi connectivity index (χ1v) is 8.88. The third kappa shape index (κ3) is 4.86. The summed E-state index contributed by atoms with van der Waals surface area (Å²) in [5.41, 5.74) is 2.18. The van der Waals surface area contributed by atoms with Crippen LogP contribution in [0.2, 0.25) is 0 Å². The summed E-state index contributed by atoms with van der Waals surface area (Å²) >= 11 is 0. The smallest absolute Gasteiger partial charge is 0.274 e. The van der Waals surface area contributed by atoms with Crippen LogP contribution in [0.1, 0.15) is 17.4 Å². The predicted octanol–water partition coefficient (Wildman–Crippen LogP) is 3.15. The van der Waals surface area contributed by atoms with E-state index in [9.17, 15) is 4.79 Å². The molecule has 0 fully saturated rings. The summed E-state index contributed by atoms with van der Waals surface area (Å²) in [5.74, 6) is 0.783. The van der Waals surface area contributed by atoms with Gasteiger partial charge in [0.1, 0.15) is 23.8 Å². The summed E-state index contributed by atoms with van der Waals surface area (Å²) in [7, 11) is 1.53. The first kappa shape index (κ1) is 19.4. The highest BCUT2D eigenvalue weighted by Gasteiger charge is 2.13. The molecule has 0 unspecified atom stereocenters. The fourth-order valence-electron chi connectivity index (χ4n) is 2.52. The highest BCUT2D eigenvalue weighted by molar-refractivity contribution is 6.04. The number of rotatable bonds is 9. The van der Waals surface area contributed by atoms with Crippen LogP contribution in [0.25, 0.3) is 11.4 Å². The van der Waals surface area contributed by atoms with Crippen molar-refractivity contribution in [2.45, 2.75) is 6.92 Å². The molecule has 1 amide bonds. The molecule has 0 aliphatic rings. The predicted molar refractivity (Wildman–Crippen MR) is 105 cm³/mol. The van der Waals surface area contributed by atoms with Gasteiger partial charge in [-0.25, -0.2) is 4.98 Å². The number of aromatic amines is 1. The van der Waals surface area contributed by atoms with Crippen LogP contribution >= 0.6 is 0 Å². The molecule has 8 heteroatoms. The zero-order valence-electron chi connectivity index (χ0n) is 15.8. The maximum absolute atomic E-state index is 12.6. The van der Waals surface area contributed by atoms with Gasteiger partial charge in [-0.15, -0.1) is 0 Å². The highest BCUT2D eigenvalue weighted by atomic mass is 16.5. The monoisotopic (exact) mass is 382 g/mol. The lowest BCUT2D eigenvalue weighted by Crippen LogP contribution is -2.14. The summed E-state index contributed by atoms with van der Waals surface area (Å²) < 4.78 is 16.2. The molecule has 3 rings (SSSR count). The van der Waals surface area contributed by atoms with Crippen molar-refractivity contribution >= 4 is 11.6 Å². The Balaban J connectivity index is 1.70. The van der Waals surface area contributed by atoms with Crippen molar-refractivity contribution in [3.8, 4) is 22.9 Å². The Labute approximate surface area is 162 Å². The third-order valence-corrected chi connectivity index (χ3v) is 3.88. The number of amides is 1. The number of methoxy groups -OCH3 is 1.